The first-order valence-corrected chi connectivity index (χ1v) is 7.66. The van der Waals surface area contributed by atoms with Gasteiger partial charge >= 0.3 is 0 Å². The number of nitrogens with one attached hydrogen (secondary N) is 1. The van der Waals surface area contributed by atoms with Gasteiger partial charge < -0.3 is 10.1 Å². The quantitative estimate of drug-likeness (QED) is 0.796. The lowest BCUT2D eigenvalue weighted by molar-refractivity contribution is -0.0846. The van der Waals surface area contributed by atoms with E-state index in [1.54, 1.807) is 0 Å². The van der Waals surface area contributed by atoms with Crippen molar-refractivity contribution >= 4 is 0 Å². The largest absolute Gasteiger partial charge is 0.375 e. The minimum atomic E-state index is 0.278. The molecule has 98 valence electrons. The third-order valence-electron chi connectivity index (χ3n) is 5.17. The van der Waals surface area contributed by atoms with Crippen LogP contribution in [-0.4, -0.2) is 24.3 Å². The fourth-order valence-corrected chi connectivity index (χ4v) is 4.23. The average molecular weight is 237 g/mol. The molecule has 17 heavy (non-hydrogen) atoms. The molecular formula is C15H27NO. The fourth-order valence-electron chi connectivity index (χ4n) is 4.23. The second kappa shape index (κ2) is 4.89. The van der Waals surface area contributed by atoms with Gasteiger partial charge in [0, 0.05) is 18.7 Å². The number of rotatable bonds is 2. The summed E-state index contributed by atoms with van der Waals surface area (Å²) in [4.78, 5) is 0. The Bertz CT molecular complexity index is 260. The molecule has 2 heteroatoms. The van der Waals surface area contributed by atoms with E-state index in [0.29, 0.717) is 0 Å². The molecule has 1 aliphatic heterocycles. The van der Waals surface area contributed by atoms with Gasteiger partial charge in [0.25, 0.3) is 0 Å². The molecule has 1 saturated heterocycles. The van der Waals surface area contributed by atoms with E-state index in [-0.39, 0.29) is 5.60 Å². The molecule has 3 rings (SSSR count). The fraction of sp³-hybridized carbons (Fsp3) is 1.00. The van der Waals surface area contributed by atoms with Gasteiger partial charge in [-0.25, -0.2) is 0 Å². The summed E-state index contributed by atoms with van der Waals surface area (Å²) in [5.41, 5.74) is 0.278. The van der Waals surface area contributed by atoms with Crippen LogP contribution in [0.1, 0.15) is 64.7 Å². The zero-order valence-corrected chi connectivity index (χ0v) is 11.2. The maximum absolute atomic E-state index is 6.10. The van der Waals surface area contributed by atoms with E-state index in [4.69, 9.17) is 4.74 Å². The van der Waals surface area contributed by atoms with Crippen LogP contribution >= 0.6 is 0 Å². The molecule has 2 saturated carbocycles. The van der Waals surface area contributed by atoms with Crippen molar-refractivity contribution < 1.29 is 4.74 Å². The first-order valence-electron chi connectivity index (χ1n) is 7.66. The Labute approximate surface area is 105 Å². The molecule has 1 spiro atoms. The van der Waals surface area contributed by atoms with E-state index >= 15 is 0 Å². The van der Waals surface area contributed by atoms with E-state index < -0.39 is 0 Å². The van der Waals surface area contributed by atoms with Crippen molar-refractivity contribution in [2.45, 2.75) is 82.4 Å². The summed E-state index contributed by atoms with van der Waals surface area (Å²) in [5, 5.41) is 3.92. The van der Waals surface area contributed by atoms with Crippen molar-refractivity contribution in [3.05, 3.63) is 0 Å². The molecule has 3 unspecified atom stereocenters. The highest BCUT2D eigenvalue weighted by Gasteiger charge is 2.40. The van der Waals surface area contributed by atoms with Crippen molar-refractivity contribution in [2.24, 2.45) is 5.92 Å². The van der Waals surface area contributed by atoms with Crippen molar-refractivity contribution in [3.63, 3.8) is 0 Å². The van der Waals surface area contributed by atoms with Gasteiger partial charge in [-0.3, -0.25) is 0 Å². The van der Waals surface area contributed by atoms with Gasteiger partial charge in [0.2, 0.25) is 0 Å². The third-order valence-corrected chi connectivity index (χ3v) is 5.17. The Hall–Kier alpha value is -0.0800. The smallest absolute Gasteiger partial charge is 0.0697 e. The summed E-state index contributed by atoms with van der Waals surface area (Å²) in [7, 11) is 0. The number of hydrogen-bond acceptors (Lipinski definition) is 2. The lowest BCUT2D eigenvalue weighted by atomic mass is 9.88. The van der Waals surface area contributed by atoms with Gasteiger partial charge in [-0.05, 0) is 50.9 Å². The van der Waals surface area contributed by atoms with Crippen LogP contribution in [0.5, 0.6) is 0 Å². The Morgan fingerprint density at radius 1 is 1.06 bits per heavy atom. The van der Waals surface area contributed by atoms with Gasteiger partial charge in [0.15, 0.2) is 0 Å². The topological polar surface area (TPSA) is 21.3 Å². The molecule has 2 aliphatic carbocycles. The molecule has 0 amide bonds. The predicted molar refractivity (Wildman–Crippen MR) is 70.1 cm³/mol. The van der Waals surface area contributed by atoms with E-state index in [9.17, 15) is 0 Å². The predicted octanol–water partition coefficient (Wildman–Crippen LogP) is 3.26. The third kappa shape index (κ3) is 2.68. The van der Waals surface area contributed by atoms with Crippen LogP contribution in [0.25, 0.3) is 0 Å². The molecule has 0 aromatic heterocycles. The second-order valence-electron chi connectivity index (χ2n) is 6.71. The van der Waals surface area contributed by atoms with E-state index in [0.717, 1.165) is 24.6 Å². The van der Waals surface area contributed by atoms with Gasteiger partial charge in [-0.15, -0.1) is 0 Å². The van der Waals surface area contributed by atoms with E-state index in [2.05, 4.69) is 12.2 Å². The van der Waals surface area contributed by atoms with Gasteiger partial charge in [-0.1, -0.05) is 19.8 Å². The normalized spacial score (nSPS) is 41.1. The van der Waals surface area contributed by atoms with Gasteiger partial charge in [-0.2, -0.15) is 0 Å². The number of ether oxygens (including phenoxy) is 1. The lowest BCUT2D eigenvalue weighted by Gasteiger charge is -2.39. The van der Waals surface area contributed by atoms with E-state index in [1.807, 2.05) is 0 Å². The minimum Gasteiger partial charge on any atom is -0.375 e. The molecular weight excluding hydrogens is 210 g/mol. The summed E-state index contributed by atoms with van der Waals surface area (Å²) in [6, 6.07) is 1.53. The van der Waals surface area contributed by atoms with Crippen LogP contribution in [-0.2, 0) is 4.74 Å². The monoisotopic (exact) mass is 237 g/mol. The molecule has 0 aromatic rings. The summed E-state index contributed by atoms with van der Waals surface area (Å²) in [5.74, 6) is 0.938. The molecule has 0 radical (unpaired) electrons. The maximum atomic E-state index is 6.10. The maximum Gasteiger partial charge on any atom is 0.0697 e. The van der Waals surface area contributed by atoms with Crippen molar-refractivity contribution in [2.75, 3.05) is 6.61 Å². The molecule has 0 aromatic carbocycles. The molecule has 0 bridgehead atoms. The van der Waals surface area contributed by atoms with Crippen LogP contribution in [0, 0.1) is 5.92 Å². The summed E-state index contributed by atoms with van der Waals surface area (Å²) in [6.07, 6.45) is 12.1. The van der Waals surface area contributed by atoms with Crippen molar-refractivity contribution in [1.29, 1.82) is 0 Å². The van der Waals surface area contributed by atoms with Crippen LogP contribution in [0.3, 0.4) is 0 Å². The molecule has 3 atom stereocenters. The van der Waals surface area contributed by atoms with E-state index in [1.165, 1.54) is 57.8 Å². The van der Waals surface area contributed by atoms with Crippen LogP contribution in [0.15, 0.2) is 0 Å². The highest BCUT2D eigenvalue weighted by atomic mass is 16.5. The molecule has 2 nitrogen and oxygen atoms in total. The molecule has 3 fully saturated rings. The van der Waals surface area contributed by atoms with Crippen LogP contribution < -0.4 is 5.32 Å². The van der Waals surface area contributed by atoms with Gasteiger partial charge in [0.1, 0.15) is 0 Å². The lowest BCUT2D eigenvalue weighted by Crippen LogP contribution is -2.48. The first kappa shape index (κ1) is 12.0. The highest BCUT2D eigenvalue weighted by Crippen LogP contribution is 2.40. The van der Waals surface area contributed by atoms with Gasteiger partial charge in [0.05, 0.1) is 5.60 Å². The first-order chi connectivity index (χ1) is 8.26. The average Bonchev–Trinajstić information content (AvgIpc) is 2.89. The zero-order valence-electron chi connectivity index (χ0n) is 11.2. The molecule has 3 aliphatic rings. The van der Waals surface area contributed by atoms with Crippen molar-refractivity contribution in [3.8, 4) is 0 Å². The van der Waals surface area contributed by atoms with Crippen LogP contribution in [0.2, 0.25) is 0 Å². The Morgan fingerprint density at radius 3 is 2.59 bits per heavy atom. The Morgan fingerprint density at radius 2 is 1.88 bits per heavy atom. The van der Waals surface area contributed by atoms with Crippen LogP contribution in [0.4, 0.5) is 0 Å². The molecule has 1 N–H and O–H groups in total. The standard InChI is InChI=1S/C15H27NO/c1-12-4-5-13(10-12)16-14-6-9-17-15(11-14)7-2-3-8-15/h12-14,16H,2-11H2,1H3. The van der Waals surface area contributed by atoms with Crippen molar-refractivity contribution in [1.82, 2.24) is 5.32 Å². The molecule has 1 heterocycles. The summed E-state index contributed by atoms with van der Waals surface area (Å²) >= 11 is 0. The summed E-state index contributed by atoms with van der Waals surface area (Å²) < 4.78 is 6.10. The summed E-state index contributed by atoms with van der Waals surface area (Å²) in [6.45, 7) is 3.38. The second-order valence-corrected chi connectivity index (χ2v) is 6.71. The Kier molecular flexibility index (Phi) is 3.45. The number of hydrogen-bond donors (Lipinski definition) is 1. The Balaban J connectivity index is 1.53. The minimum absolute atomic E-state index is 0.278. The zero-order chi connectivity index (χ0) is 11.7. The SMILES string of the molecule is CC1CCC(NC2CCOC3(CCCC3)C2)C1. The highest BCUT2D eigenvalue weighted by molar-refractivity contribution is 4.95.